The van der Waals surface area contributed by atoms with Crippen molar-refractivity contribution in [2.24, 2.45) is 5.73 Å². The van der Waals surface area contributed by atoms with Gasteiger partial charge in [-0.15, -0.1) is 0 Å². The standard InChI is InChI=1S/C3H3NO3/c4-3(5)7-2-1-6-2/h1H,(H2,4,5). The van der Waals surface area contributed by atoms with E-state index < -0.39 is 6.09 Å². The third-order valence-corrected chi connectivity index (χ3v) is 0.415. The van der Waals surface area contributed by atoms with Gasteiger partial charge in [-0.25, -0.2) is 4.79 Å². The van der Waals surface area contributed by atoms with Crippen molar-refractivity contribution in [1.82, 2.24) is 0 Å². The highest BCUT2D eigenvalue weighted by atomic mass is 16.7. The Balaban J connectivity index is 2.21. The van der Waals surface area contributed by atoms with E-state index in [0.717, 1.165) is 0 Å². The molecule has 0 aromatic heterocycles. The molecule has 1 aliphatic heterocycles. The molecule has 4 heteroatoms. The lowest BCUT2D eigenvalue weighted by Crippen LogP contribution is -2.09. The molecule has 0 radical (unpaired) electrons. The van der Waals surface area contributed by atoms with Crippen LogP contribution < -0.4 is 5.73 Å². The van der Waals surface area contributed by atoms with Gasteiger partial charge in [0, 0.05) is 0 Å². The van der Waals surface area contributed by atoms with Crippen LogP contribution in [0, 0.1) is 0 Å². The van der Waals surface area contributed by atoms with Gasteiger partial charge < -0.3 is 15.2 Å². The Labute approximate surface area is 39.5 Å². The van der Waals surface area contributed by atoms with Gasteiger partial charge in [-0.05, 0) is 0 Å². The normalized spacial score (nSPS) is 14.0. The number of nitrogens with two attached hydrogens (primary N) is 1. The minimum absolute atomic E-state index is 0.188. The SMILES string of the molecule is NC(=O)OC1=CO1. The first kappa shape index (κ1) is 3.98. The Hall–Kier alpha value is -1.19. The molecule has 7 heavy (non-hydrogen) atoms. The third-order valence-electron chi connectivity index (χ3n) is 0.415. The molecular formula is C3H3NO3. The second kappa shape index (κ2) is 1.14. The van der Waals surface area contributed by atoms with Crippen molar-refractivity contribution in [1.29, 1.82) is 0 Å². The summed E-state index contributed by atoms with van der Waals surface area (Å²) in [6.07, 6.45) is 0.439. The van der Waals surface area contributed by atoms with E-state index in [4.69, 9.17) is 0 Å². The summed E-state index contributed by atoms with van der Waals surface area (Å²) in [4.78, 5) is 9.73. The van der Waals surface area contributed by atoms with Crippen molar-refractivity contribution in [2.75, 3.05) is 0 Å². The molecule has 1 rings (SSSR count). The maximum atomic E-state index is 9.73. The van der Waals surface area contributed by atoms with Crippen LogP contribution in [0.4, 0.5) is 4.79 Å². The first-order valence-corrected chi connectivity index (χ1v) is 1.63. The highest BCUT2D eigenvalue weighted by Gasteiger charge is 2.13. The minimum Gasteiger partial charge on any atom is -0.424 e. The Morgan fingerprint density at radius 2 is 2.57 bits per heavy atom. The van der Waals surface area contributed by atoms with Gasteiger partial charge in [-0.2, -0.15) is 0 Å². The fourth-order valence-corrected chi connectivity index (χ4v) is 0.171. The summed E-state index contributed by atoms with van der Waals surface area (Å²) < 4.78 is 8.43. The third kappa shape index (κ3) is 1.13. The summed E-state index contributed by atoms with van der Waals surface area (Å²) in [7, 11) is 0. The van der Waals surface area contributed by atoms with Crippen molar-refractivity contribution < 1.29 is 14.3 Å². The highest BCUT2D eigenvalue weighted by Crippen LogP contribution is 2.12. The van der Waals surface area contributed by atoms with Crippen LogP contribution >= 0.6 is 0 Å². The van der Waals surface area contributed by atoms with E-state index in [1.807, 2.05) is 0 Å². The lowest BCUT2D eigenvalue weighted by Gasteiger charge is -1.84. The minimum atomic E-state index is -0.844. The number of carbonyl (C=O) groups excluding carboxylic acids is 1. The largest absolute Gasteiger partial charge is 0.424 e. The number of amides is 1. The first-order chi connectivity index (χ1) is 3.29. The zero-order valence-corrected chi connectivity index (χ0v) is 3.38. The van der Waals surface area contributed by atoms with Crippen molar-refractivity contribution in [2.45, 2.75) is 0 Å². The topological polar surface area (TPSA) is 64.9 Å². The van der Waals surface area contributed by atoms with Gasteiger partial charge in [-0.1, -0.05) is 0 Å². The smallest absolute Gasteiger partial charge is 0.412 e. The zero-order chi connectivity index (χ0) is 5.28. The predicted octanol–water partition coefficient (Wildman–Crippen LogP) is -0.0892. The molecule has 0 saturated carbocycles. The van der Waals surface area contributed by atoms with E-state index in [1.54, 1.807) is 0 Å². The molecule has 0 unspecified atom stereocenters. The number of ether oxygens (including phenoxy) is 2. The molecule has 0 aromatic carbocycles. The number of primary amides is 1. The molecule has 0 saturated heterocycles. The van der Waals surface area contributed by atoms with Crippen LogP contribution in [0.25, 0.3) is 0 Å². The molecule has 1 aliphatic rings. The molecule has 0 spiro atoms. The predicted molar refractivity (Wildman–Crippen MR) is 19.8 cm³/mol. The van der Waals surface area contributed by atoms with E-state index in [1.165, 1.54) is 6.26 Å². The van der Waals surface area contributed by atoms with E-state index in [9.17, 15) is 4.79 Å². The summed E-state index contributed by atoms with van der Waals surface area (Å²) in [6, 6.07) is 0. The fourth-order valence-electron chi connectivity index (χ4n) is 0.171. The Bertz CT molecular complexity index is 128. The Morgan fingerprint density at radius 1 is 2.00 bits per heavy atom. The summed E-state index contributed by atoms with van der Waals surface area (Å²) in [5.41, 5.74) is 4.55. The number of carbonyl (C=O) groups is 1. The maximum Gasteiger partial charge on any atom is 0.412 e. The molecule has 0 bridgehead atoms. The summed E-state index contributed by atoms with van der Waals surface area (Å²) in [6.45, 7) is 0. The summed E-state index contributed by atoms with van der Waals surface area (Å²) in [5, 5.41) is 0. The number of rotatable bonds is 1. The molecule has 2 N–H and O–H groups in total. The van der Waals surface area contributed by atoms with Crippen LogP contribution in [0.3, 0.4) is 0 Å². The average Bonchev–Trinajstić information content (AvgIpc) is 2.17. The van der Waals surface area contributed by atoms with E-state index >= 15 is 0 Å². The zero-order valence-electron chi connectivity index (χ0n) is 3.38. The van der Waals surface area contributed by atoms with Gasteiger partial charge in [0.05, 0.1) is 0 Å². The van der Waals surface area contributed by atoms with Crippen molar-refractivity contribution in [3.8, 4) is 0 Å². The molecule has 4 nitrogen and oxygen atoms in total. The van der Waals surface area contributed by atoms with Crippen LogP contribution in [0.15, 0.2) is 12.2 Å². The molecule has 0 aliphatic carbocycles. The van der Waals surface area contributed by atoms with Crippen LogP contribution in [-0.4, -0.2) is 6.09 Å². The van der Waals surface area contributed by atoms with Gasteiger partial charge in [-0.3, -0.25) is 0 Å². The summed E-state index contributed by atoms with van der Waals surface area (Å²) in [5.74, 6) is 0.188. The molecular weight excluding hydrogens is 98.0 g/mol. The van der Waals surface area contributed by atoms with Gasteiger partial charge in [0.15, 0.2) is 6.26 Å². The Kier molecular flexibility index (Phi) is 0.651. The number of hydrogen-bond donors (Lipinski definition) is 1. The van der Waals surface area contributed by atoms with Crippen LogP contribution in [-0.2, 0) is 9.47 Å². The maximum absolute atomic E-state index is 9.73. The monoisotopic (exact) mass is 101 g/mol. The van der Waals surface area contributed by atoms with E-state index in [0.29, 0.717) is 0 Å². The van der Waals surface area contributed by atoms with Crippen molar-refractivity contribution >= 4 is 6.09 Å². The second-order valence-corrected chi connectivity index (χ2v) is 0.976. The molecule has 0 atom stereocenters. The lowest BCUT2D eigenvalue weighted by molar-refractivity contribution is 0.165. The number of hydrogen-bond acceptors (Lipinski definition) is 3. The van der Waals surface area contributed by atoms with E-state index in [2.05, 4.69) is 15.2 Å². The molecule has 38 valence electrons. The lowest BCUT2D eigenvalue weighted by atomic mass is 11.1. The molecule has 1 heterocycles. The highest BCUT2D eigenvalue weighted by molar-refractivity contribution is 5.65. The molecule has 0 fully saturated rings. The molecule has 0 aromatic rings. The fraction of sp³-hybridized carbons (Fsp3) is 0. The van der Waals surface area contributed by atoms with Gasteiger partial charge in [0.1, 0.15) is 0 Å². The average molecular weight is 101 g/mol. The van der Waals surface area contributed by atoms with Gasteiger partial charge >= 0.3 is 12.0 Å². The van der Waals surface area contributed by atoms with Crippen LogP contribution in [0.2, 0.25) is 0 Å². The Morgan fingerprint density at radius 3 is 2.71 bits per heavy atom. The van der Waals surface area contributed by atoms with Crippen LogP contribution in [0.5, 0.6) is 0 Å². The van der Waals surface area contributed by atoms with Gasteiger partial charge in [0.2, 0.25) is 0 Å². The summed E-state index contributed by atoms with van der Waals surface area (Å²) >= 11 is 0. The van der Waals surface area contributed by atoms with E-state index in [-0.39, 0.29) is 5.95 Å². The van der Waals surface area contributed by atoms with Crippen molar-refractivity contribution in [3.05, 3.63) is 12.2 Å². The quantitative estimate of drug-likeness (QED) is 0.502. The van der Waals surface area contributed by atoms with Gasteiger partial charge in [0.25, 0.3) is 0 Å². The first-order valence-electron chi connectivity index (χ1n) is 1.63. The van der Waals surface area contributed by atoms with Crippen LogP contribution in [0.1, 0.15) is 0 Å². The molecule has 1 amide bonds. The van der Waals surface area contributed by atoms with Crippen molar-refractivity contribution in [3.63, 3.8) is 0 Å². The second-order valence-electron chi connectivity index (χ2n) is 0.976.